The molecule has 1 fully saturated rings. The SMILES string of the molecule is CC1(C)CC(OCCC(F)(F)F)CC(C)(C)N1[O]. The summed E-state index contributed by atoms with van der Waals surface area (Å²) in [5.41, 5.74) is -1.21. The van der Waals surface area contributed by atoms with E-state index in [1.165, 1.54) is 0 Å². The molecule has 1 heterocycles. The Bertz CT molecular complexity index is 272. The molecule has 0 unspecified atom stereocenters. The summed E-state index contributed by atoms with van der Waals surface area (Å²) in [6, 6.07) is 0. The average Bonchev–Trinajstić information content (AvgIpc) is 2.11. The van der Waals surface area contributed by atoms with Gasteiger partial charge in [0.1, 0.15) is 0 Å². The zero-order valence-corrected chi connectivity index (χ0v) is 11.3. The van der Waals surface area contributed by atoms with Crippen LogP contribution in [0.25, 0.3) is 0 Å². The van der Waals surface area contributed by atoms with Crippen molar-refractivity contribution in [3.05, 3.63) is 0 Å². The molecule has 1 radical (unpaired) electrons. The summed E-state index contributed by atoms with van der Waals surface area (Å²) < 4.78 is 41.4. The van der Waals surface area contributed by atoms with Gasteiger partial charge in [0.25, 0.3) is 0 Å². The molecule has 0 bridgehead atoms. The molecule has 0 amide bonds. The second-order valence-corrected chi connectivity index (χ2v) is 6.19. The van der Waals surface area contributed by atoms with Crippen molar-refractivity contribution in [3.8, 4) is 0 Å². The fraction of sp³-hybridized carbons (Fsp3) is 1.00. The number of piperidine rings is 1. The van der Waals surface area contributed by atoms with Crippen molar-refractivity contribution in [1.29, 1.82) is 0 Å². The van der Waals surface area contributed by atoms with Crippen LogP contribution in [0.3, 0.4) is 0 Å². The van der Waals surface area contributed by atoms with Gasteiger partial charge in [-0.05, 0) is 40.5 Å². The zero-order chi connectivity index (χ0) is 14.2. The van der Waals surface area contributed by atoms with Gasteiger partial charge in [0.05, 0.1) is 19.1 Å². The Morgan fingerprint density at radius 3 is 2.00 bits per heavy atom. The number of halogens is 3. The van der Waals surface area contributed by atoms with E-state index >= 15 is 0 Å². The summed E-state index contributed by atoms with van der Waals surface area (Å²) in [6.07, 6.45) is -4.51. The van der Waals surface area contributed by atoms with Crippen molar-refractivity contribution in [2.24, 2.45) is 0 Å². The third kappa shape index (κ3) is 4.10. The first-order chi connectivity index (χ1) is 7.94. The molecule has 0 saturated carbocycles. The molecular formula is C12H21F3NO2. The van der Waals surface area contributed by atoms with Crippen LogP contribution in [0.2, 0.25) is 0 Å². The Hall–Kier alpha value is -0.330. The van der Waals surface area contributed by atoms with E-state index in [2.05, 4.69) is 0 Å². The maximum Gasteiger partial charge on any atom is 0.391 e. The number of alkyl halides is 3. The summed E-state index contributed by atoms with van der Waals surface area (Å²) >= 11 is 0. The standard InChI is InChI=1S/C12H21F3NO2/c1-10(2)7-9(8-11(3,4)16(10)17)18-6-5-12(13,14)15/h9H,5-8H2,1-4H3. The Morgan fingerprint density at radius 2 is 1.61 bits per heavy atom. The van der Waals surface area contributed by atoms with Gasteiger partial charge in [-0.3, -0.25) is 0 Å². The predicted molar refractivity (Wildman–Crippen MR) is 60.3 cm³/mol. The predicted octanol–water partition coefficient (Wildman–Crippen LogP) is 3.32. The van der Waals surface area contributed by atoms with Crippen LogP contribution in [0.1, 0.15) is 47.0 Å². The lowest BCUT2D eigenvalue weighted by atomic mass is 9.80. The average molecular weight is 268 g/mol. The largest absolute Gasteiger partial charge is 0.391 e. The second-order valence-electron chi connectivity index (χ2n) is 6.19. The van der Waals surface area contributed by atoms with Crippen LogP contribution in [0.5, 0.6) is 0 Å². The van der Waals surface area contributed by atoms with E-state index < -0.39 is 23.7 Å². The highest BCUT2D eigenvalue weighted by Gasteiger charge is 2.46. The maximum atomic E-state index is 12.0. The minimum absolute atomic E-state index is 0.289. The van der Waals surface area contributed by atoms with Gasteiger partial charge in [-0.15, -0.1) is 10.3 Å². The van der Waals surface area contributed by atoms with Gasteiger partial charge in [-0.2, -0.15) is 13.2 Å². The highest BCUT2D eigenvalue weighted by atomic mass is 19.4. The number of rotatable bonds is 3. The number of nitrogens with zero attached hydrogens (tertiary/aromatic N) is 1. The molecule has 0 N–H and O–H groups in total. The van der Waals surface area contributed by atoms with Gasteiger partial charge in [-0.25, -0.2) is 0 Å². The van der Waals surface area contributed by atoms with Crippen LogP contribution in [0.4, 0.5) is 13.2 Å². The van der Waals surface area contributed by atoms with Gasteiger partial charge in [0.2, 0.25) is 0 Å². The van der Waals surface area contributed by atoms with Gasteiger partial charge in [-0.1, -0.05) is 0 Å². The monoisotopic (exact) mass is 268 g/mol. The smallest absolute Gasteiger partial charge is 0.378 e. The molecule has 0 aromatic carbocycles. The lowest BCUT2D eigenvalue weighted by Crippen LogP contribution is -2.59. The normalized spacial score (nSPS) is 25.3. The van der Waals surface area contributed by atoms with E-state index in [4.69, 9.17) is 4.74 Å². The molecule has 6 heteroatoms. The van der Waals surface area contributed by atoms with Crippen LogP contribution in [-0.4, -0.2) is 35.0 Å². The Balaban J connectivity index is 2.54. The molecule has 18 heavy (non-hydrogen) atoms. The zero-order valence-electron chi connectivity index (χ0n) is 11.3. The van der Waals surface area contributed by atoms with Crippen molar-refractivity contribution >= 4 is 0 Å². The minimum Gasteiger partial charge on any atom is -0.378 e. The fourth-order valence-electron chi connectivity index (χ4n) is 2.63. The van der Waals surface area contributed by atoms with E-state index in [1.807, 2.05) is 0 Å². The van der Waals surface area contributed by atoms with Gasteiger partial charge >= 0.3 is 6.18 Å². The van der Waals surface area contributed by atoms with E-state index in [1.54, 1.807) is 27.7 Å². The Labute approximate surface area is 106 Å². The summed E-state index contributed by atoms with van der Waals surface area (Å²) in [5.74, 6) is 0. The quantitative estimate of drug-likeness (QED) is 0.786. The number of hydroxylamine groups is 2. The molecular weight excluding hydrogens is 247 g/mol. The molecule has 1 saturated heterocycles. The Kier molecular flexibility index (Phi) is 4.35. The van der Waals surface area contributed by atoms with E-state index in [9.17, 15) is 18.4 Å². The Morgan fingerprint density at radius 1 is 1.17 bits per heavy atom. The molecule has 0 aromatic rings. The molecule has 0 atom stereocenters. The van der Waals surface area contributed by atoms with Crippen molar-refractivity contribution in [3.63, 3.8) is 0 Å². The first-order valence-electron chi connectivity index (χ1n) is 6.10. The molecule has 1 aliphatic heterocycles. The fourth-order valence-corrected chi connectivity index (χ4v) is 2.63. The molecule has 0 aliphatic carbocycles. The van der Waals surface area contributed by atoms with Crippen molar-refractivity contribution < 1.29 is 23.1 Å². The van der Waals surface area contributed by atoms with Crippen molar-refractivity contribution in [1.82, 2.24) is 5.06 Å². The third-order valence-corrected chi connectivity index (χ3v) is 3.29. The van der Waals surface area contributed by atoms with E-state index in [-0.39, 0.29) is 12.7 Å². The van der Waals surface area contributed by atoms with Crippen molar-refractivity contribution in [2.75, 3.05) is 6.61 Å². The van der Waals surface area contributed by atoms with E-state index in [0.717, 1.165) is 5.06 Å². The molecule has 3 nitrogen and oxygen atoms in total. The molecule has 0 spiro atoms. The van der Waals surface area contributed by atoms with Crippen LogP contribution >= 0.6 is 0 Å². The number of hydrogen-bond acceptors (Lipinski definition) is 2. The highest BCUT2D eigenvalue weighted by molar-refractivity contribution is 4.96. The molecule has 1 aliphatic rings. The lowest BCUT2D eigenvalue weighted by molar-refractivity contribution is -0.301. The summed E-state index contributed by atoms with van der Waals surface area (Å²) in [7, 11) is 0. The van der Waals surface area contributed by atoms with Crippen molar-refractivity contribution in [2.45, 2.75) is 70.3 Å². The van der Waals surface area contributed by atoms with Crippen LogP contribution < -0.4 is 0 Å². The topological polar surface area (TPSA) is 32.4 Å². The summed E-state index contributed by atoms with van der Waals surface area (Å²) in [4.78, 5) is 0. The van der Waals surface area contributed by atoms with Crippen LogP contribution in [-0.2, 0) is 9.94 Å². The molecule has 1 rings (SSSR count). The van der Waals surface area contributed by atoms with E-state index in [0.29, 0.717) is 12.8 Å². The van der Waals surface area contributed by atoms with Crippen LogP contribution in [0, 0.1) is 0 Å². The number of ether oxygens (including phenoxy) is 1. The minimum atomic E-state index is -4.19. The highest BCUT2D eigenvalue weighted by Crippen LogP contribution is 2.38. The number of hydrogen-bond donors (Lipinski definition) is 0. The molecule has 0 aromatic heterocycles. The second kappa shape index (κ2) is 4.98. The summed E-state index contributed by atoms with van der Waals surface area (Å²) in [6.45, 7) is 6.84. The van der Waals surface area contributed by atoms with Gasteiger partial charge in [0.15, 0.2) is 0 Å². The lowest BCUT2D eigenvalue weighted by Gasteiger charge is -2.49. The van der Waals surface area contributed by atoms with Crippen LogP contribution in [0.15, 0.2) is 0 Å². The summed E-state index contributed by atoms with van der Waals surface area (Å²) in [5, 5.41) is 13.1. The molecule has 107 valence electrons. The first kappa shape index (κ1) is 15.7. The third-order valence-electron chi connectivity index (χ3n) is 3.29. The maximum absolute atomic E-state index is 12.0. The van der Waals surface area contributed by atoms with Gasteiger partial charge < -0.3 is 4.74 Å². The first-order valence-corrected chi connectivity index (χ1v) is 6.10. The van der Waals surface area contributed by atoms with Gasteiger partial charge in [0, 0.05) is 11.1 Å².